The maximum absolute atomic E-state index is 11.1. The summed E-state index contributed by atoms with van der Waals surface area (Å²) in [4.78, 5) is 0. The molecule has 2 rings (SSSR count). The van der Waals surface area contributed by atoms with Gasteiger partial charge in [-0.1, -0.05) is 28.9 Å². The van der Waals surface area contributed by atoms with Crippen molar-refractivity contribution in [3.05, 3.63) is 41.6 Å². The molecule has 1 aromatic carbocycles. The molecule has 1 unspecified atom stereocenters. The van der Waals surface area contributed by atoms with Crippen molar-refractivity contribution >= 4 is 10.1 Å². The summed E-state index contributed by atoms with van der Waals surface area (Å²) in [5, 5.41) is 3.84. The van der Waals surface area contributed by atoms with E-state index in [1.54, 1.807) is 13.0 Å². The van der Waals surface area contributed by atoms with Gasteiger partial charge in [0.05, 0.1) is 6.26 Å². The summed E-state index contributed by atoms with van der Waals surface area (Å²) >= 11 is 0. The van der Waals surface area contributed by atoms with Crippen molar-refractivity contribution in [1.29, 1.82) is 0 Å². The zero-order valence-corrected chi connectivity index (χ0v) is 11.8. The third-order valence-electron chi connectivity index (χ3n) is 2.57. The van der Waals surface area contributed by atoms with Crippen LogP contribution in [0.15, 0.2) is 34.9 Å². The molecular weight excluding hydrogens is 266 g/mol. The molecule has 0 saturated carbocycles. The highest BCUT2D eigenvalue weighted by atomic mass is 32.2. The van der Waals surface area contributed by atoms with Gasteiger partial charge in [0.2, 0.25) is 0 Å². The van der Waals surface area contributed by atoms with E-state index < -0.39 is 16.2 Å². The Labute approximate surface area is 112 Å². The number of hydrogen-bond acceptors (Lipinski definition) is 5. The van der Waals surface area contributed by atoms with E-state index >= 15 is 0 Å². The van der Waals surface area contributed by atoms with Crippen LogP contribution in [0.5, 0.6) is 0 Å². The highest BCUT2D eigenvalue weighted by Crippen LogP contribution is 2.25. The van der Waals surface area contributed by atoms with Crippen molar-refractivity contribution in [2.45, 2.75) is 20.0 Å². The van der Waals surface area contributed by atoms with E-state index in [0.717, 1.165) is 17.4 Å². The molecule has 0 bridgehead atoms. The van der Waals surface area contributed by atoms with Crippen LogP contribution in [0.25, 0.3) is 11.3 Å². The average Bonchev–Trinajstić information content (AvgIpc) is 2.75. The van der Waals surface area contributed by atoms with E-state index in [4.69, 9.17) is 8.71 Å². The predicted molar refractivity (Wildman–Crippen MR) is 71.0 cm³/mol. The first kappa shape index (κ1) is 13.8. The first-order valence-electron chi connectivity index (χ1n) is 5.77. The van der Waals surface area contributed by atoms with E-state index in [1.807, 2.05) is 31.2 Å². The molecule has 0 spiro atoms. The van der Waals surface area contributed by atoms with Crippen LogP contribution in [0.1, 0.15) is 24.3 Å². The van der Waals surface area contributed by atoms with Crippen LogP contribution in [0.4, 0.5) is 0 Å². The first-order valence-corrected chi connectivity index (χ1v) is 7.59. The summed E-state index contributed by atoms with van der Waals surface area (Å²) in [5.74, 6) is 0.586. The molecule has 0 aliphatic heterocycles. The van der Waals surface area contributed by atoms with Crippen LogP contribution >= 0.6 is 0 Å². The lowest BCUT2D eigenvalue weighted by Gasteiger charge is -2.06. The van der Waals surface area contributed by atoms with E-state index in [9.17, 15) is 8.42 Å². The average molecular weight is 281 g/mol. The molecule has 19 heavy (non-hydrogen) atoms. The quantitative estimate of drug-likeness (QED) is 0.806. The zero-order valence-electron chi connectivity index (χ0n) is 11.0. The second-order valence-electron chi connectivity index (χ2n) is 4.43. The lowest BCUT2D eigenvalue weighted by Crippen LogP contribution is -2.07. The smallest absolute Gasteiger partial charge is 0.265 e. The van der Waals surface area contributed by atoms with Crippen molar-refractivity contribution in [2.24, 2.45) is 0 Å². The van der Waals surface area contributed by atoms with Gasteiger partial charge in [-0.25, -0.2) is 0 Å². The SMILES string of the molecule is Cc1cccc(-c2cc(C(C)OS(C)(=O)=O)no2)c1. The molecule has 0 N–H and O–H groups in total. The topological polar surface area (TPSA) is 69.4 Å². The second-order valence-corrected chi connectivity index (χ2v) is 6.03. The Balaban J connectivity index is 2.24. The van der Waals surface area contributed by atoms with Gasteiger partial charge in [-0.05, 0) is 19.9 Å². The summed E-state index contributed by atoms with van der Waals surface area (Å²) in [5.41, 5.74) is 2.45. The molecule has 0 saturated heterocycles. The number of aryl methyl sites for hydroxylation is 1. The minimum atomic E-state index is -3.52. The second kappa shape index (κ2) is 5.14. The largest absolute Gasteiger partial charge is 0.356 e. The Morgan fingerprint density at radius 1 is 1.32 bits per heavy atom. The van der Waals surface area contributed by atoms with E-state index in [-0.39, 0.29) is 0 Å². The van der Waals surface area contributed by atoms with Crippen molar-refractivity contribution in [3.8, 4) is 11.3 Å². The molecule has 0 radical (unpaired) electrons. The molecule has 0 aliphatic rings. The zero-order chi connectivity index (χ0) is 14.0. The normalized spacial score (nSPS) is 13.4. The minimum Gasteiger partial charge on any atom is -0.356 e. The van der Waals surface area contributed by atoms with Gasteiger partial charge in [0.25, 0.3) is 10.1 Å². The molecular formula is C13H15NO4S. The van der Waals surface area contributed by atoms with Crippen LogP contribution < -0.4 is 0 Å². The Hall–Kier alpha value is -1.66. The number of aromatic nitrogens is 1. The molecule has 0 amide bonds. The molecule has 102 valence electrons. The summed E-state index contributed by atoms with van der Waals surface area (Å²) in [7, 11) is -3.52. The summed E-state index contributed by atoms with van der Waals surface area (Å²) in [6.07, 6.45) is 0.336. The molecule has 1 aromatic heterocycles. The Bertz CT molecular complexity index is 675. The number of hydrogen-bond donors (Lipinski definition) is 0. The van der Waals surface area contributed by atoms with Gasteiger partial charge in [0, 0.05) is 11.6 Å². The maximum atomic E-state index is 11.1. The molecule has 6 heteroatoms. The lowest BCUT2D eigenvalue weighted by atomic mass is 10.1. The van der Waals surface area contributed by atoms with Crippen LogP contribution in [-0.4, -0.2) is 19.8 Å². The highest BCUT2D eigenvalue weighted by molar-refractivity contribution is 7.86. The van der Waals surface area contributed by atoms with E-state index in [0.29, 0.717) is 11.5 Å². The Kier molecular flexibility index (Phi) is 3.73. The highest BCUT2D eigenvalue weighted by Gasteiger charge is 2.17. The Morgan fingerprint density at radius 2 is 2.05 bits per heavy atom. The van der Waals surface area contributed by atoms with Crippen molar-refractivity contribution in [3.63, 3.8) is 0 Å². The van der Waals surface area contributed by atoms with Crippen molar-refractivity contribution in [1.82, 2.24) is 5.16 Å². The fourth-order valence-electron chi connectivity index (χ4n) is 1.73. The van der Waals surface area contributed by atoms with E-state index in [2.05, 4.69) is 5.16 Å². The number of rotatable bonds is 4. The fourth-order valence-corrected chi connectivity index (χ4v) is 2.35. The molecule has 0 fully saturated rings. The number of nitrogens with zero attached hydrogens (tertiary/aromatic N) is 1. The van der Waals surface area contributed by atoms with Gasteiger partial charge in [-0.2, -0.15) is 8.42 Å². The first-order chi connectivity index (χ1) is 8.85. The van der Waals surface area contributed by atoms with Crippen LogP contribution in [0, 0.1) is 6.92 Å². The molecule has 1 atom stereocenters. The third kappa shape index (κ3) is 3.65. The maximum Gasteiger partial charge on any atom is 0.265 e. The minimum absolute atomic E-state index is 0.446. The Morgan fingerprint density at radius 3 is 2.68 bits per heavy atom. The van der Waals surface area contributed by atoms with Gasteiger partial charge < -0.3 is 4.52 Å². The molecule has 2 aromatic rings. The van der Waals surface area contributed by atoms with Crippen molar-refractivity contribution in [2.75, 3.05) is 6.26 Å². The summed E-state index contributed by atoms with van der Waals surface area (Å²) in [6.45, 7) is 3.59. The predicted octanol–water partition coefficient (Wildman–Crippen LogP) is 2.69. The lowest BCUT2D eigenvalue weighted by molar-refractivity contribution is 0.224. The van der Waals surface area contributed by atoms with Crippen LogP contribution in [-0.2, 0) is 14.3 Å². The van der Waals surface area contributed by atoms with Gasteiger partial charge in [0.15, 0.2) is 5.76 Å². The summed E-state index contributed by atoms with van der Waals surface area (Å²) in [6, 6.07) is 9.45. The van der Waals surface area contributed by atoms with Gasteiger partial charge in [0.1, 0.15) is 11.8 Å². The number of benzene rings is 1. The molecule has 0 aliphatic carbocycles. The van der Waals surface area contributed by atoms with Gasteiger partial charge in [-0.15, -0.1) is 0 Å². The van der Waals surface area contributed by atoms with Crippen LogP contribution in [0.2, 0.25) is 0 Å². The standard InChI is InChI=1S/C13H15NO4S/c1-9-5-4-6-11(7-9)13-8-12(14-17-13)10(2)18-19(3,15)16/h4-8,10H,1-3H3. The molecule has 1 heterocycles. The van der Waals surface area contributed by atoms with E-state index in [1.165, 1.54) is 0 Å². The summed E-state index contributed by atoms with van der Waals surface area (Å²) < 4.78 is 32.2. The van der Waals surface area contributed by atoms with Gasteiger partial charge in [-0.3, -0.25) is 4.18 Å². The van der Waals surface area contributed by atoms with Crippen LogP contribution in [0.3, 0.4) is 0 Å². The van der Waals surface area contributed by atoms with Crippen molar-refractivity contribution < 1.29 is 17.1 Å². The molecule has 5 nitrogen and oxygen atoms in total. The van der Waals surface area contributed by atoms with Gasteiger partial charge >= 0.3 is 0 Å². The fraction of sp³-hybridized carbons (Fsp3) is 0.308. The monoisotopic (exact) mass is 281 g/mol. The third-order valence-corrected chi connectivity index (χ3v) is 3.20.